The molecule has 1 N–H and O–H groups in total. The molecule has 0 aliphatic heterocycles. The average molecular weight is 139 g/mol. The Morgan fingerprint density at radius 2 is 1.78 bits per heavy atom. The summed E-state index contributed by atoms with van der Waals surface area (Å²) in [6.45, 7) is 2.63. The molecule has 47 valence electrons. The van der Waals surface area contributed by atoms with Gasteiger partial charge in [0.25, 0.3) is 0 Å². The second-order valence-corrected chi connectivity index (χ2v) is 1.67. The van der Waals surface area contributed by atoms with E-state index < -0.39 is 11.9 Å². The van der Waals surface area contributed by atoms with Crippen LogP contribution in [-0.2, 0) is 9.59 Å². The van der Waals surface area contributed by atoms with Crippen LogP contribution in [0.4, 0.5) is 0 Å². The molecular formula is C5H8NaO3. The van der Waals surface area contributed by atoms with E-state index in [-0.39, 0.29) is 35.3 Å². The van der Waals surface area contributed by atoms with Crippen molar-refractivity contribution in [2.75, 3.05) is 0 Å². The molecule has 1 unspecified atom stereocenters. The average Bonchev–Trinajstić information content (AvgIpc) is 1.64. The van der Waals surface area contributed by atoms with Gasteiger partial charge in [-0.05, 0) is 13.8 Å². The van der Waals surface area contributed by atoms with Crippen LogP contribution in [0.2, 0.25) is 0 Å². The molecule has 0 bridgehead atoms. The van der Waals surface area contributed by atoms with Gasteiger partial charge in [0, 0.05) is 29.6 Å². The fraction of sp³-hybridized carbons (Fsp3) is 0.600. The first-order valence-electron chi connectivity index (χ1n) is 2.29. The largest absolute Gasteiger partial charge is 0.481 e. The number of rotatable bonds is 2. The molecule has 0 aliphatic rings. The number of hydrogen-bond donors (Lipinski definition) is 1. The van der Waals surface area contributed by atoms with Crippen LogP contribution in [0.3, 0.4) is 0 Å². The van der Waals surface area contributed by atoms with Crippen LogP contribution in [0.25, 0.3) is 0 Å². The zero-order valence-electron chi connectivity index (χ0n) is 5.84. The number of hydrogen-bond acceptors (Lipinski definition) is 2. The molecule has 4 heteroatoms. The number of carboxylic acids is 1. The summed E-state index contributed by atoms with van der Waals surface area (Å²) in [6, 6.07) is 0. The van der Waals surface area contributed by atoms with Crippen molar-refractivity contribution in [3.8, 4) is 0 Å². The van der Waals surface area contributed by atoms with Crippen molar-refractivity contribution in [1.29, 1.82) is 0 Å². The molecule has 0 amide bonds. The number of carbonyl (C=O) groups is 2. The van der Waals surface area contributed by atoms with Gasteiger partial charge in [-0.25, -0.2) is 0 Å². The normalized spacial score (nSPS) is 11.3. The number of aliphatic carboxylic acids is 1. The topological polar surface area (TPSA) is 54.4 Å². The predicted octanol–water partition coefficient (Wildman–Crippen LogP) is -0.0847. The first kappa shape index (κ1) is 11.9. The monoisotopic (exact) mass is 139 g/mol. The summed E-state index contributed by atoms with van der Waals surface area (Å²) < 4.78 is 0. The van der Waals surface area contributed by atoms with E-state index in [9.17, 15) is 9.59 Å². The van der Waals surface area contributed by atoms with Crippen LogP contribution in [0, 0.1) is 5.92 Å². The molecule has 1 radical (unpaired) electrons. The van der Waals surface area contributed by atoms with Crippen molar-refractivity contribution in [2.24, 2.45) is 5.92 Å². The molecule has 1 atom stereocenters. The Morgan fingerprint density at radius 3 is 1.78 bits per heavy atom. The predicted molar refractivity (Wildman–Crippen MR) is 33.2 cm³/mol. The van der Waals surface area contributed by atoms with Gasteiger partial charge in [-0.1, -0.05) is 0 Å². The third kappa shape index (κ3) is 4.63. The number of carboxylic acid groups (broad SMARTS) is 1. The molecule has 0 aromatic carbocycles. The zero-order chi connectivity index (χ0) is 6.73. The van der Waals surface area contributed by atoms with Gasteiger partial charge in [0.1, 0.15) is 11.7 Å². The molecular weight excluding hydrogens is 131 g/mol. The molecule has 0 saturated heterocycles. The second kappa shape index (κ2) is 4.97. The summed E-state index contributed by atoms with van der Waals surface area (Å²) in [4.78, 5) is 20.1. The van der Waals surface area contributed by atoms with Gasteiger partial charge in [-0.2, -0.15) is 0 Å². The number of ketones is 1. The SMILES string of the molecule is CC(=O)C(C)C(=O)O.[Na]. The van der Waals surface area contributed by atoms with Crippen molar-refractivity contribution >= 4 is 41.3 Å². The van der Waals surface area contributed by atoms with E-state index in [1.54, 1.807) is 0 Å². The van der Waals surface area contributed by atoms with Crippen LogP contribution in [0.1, 0.15) is 13.8 Å². The molecule has 0 spiro atoms. The molecule has 0 fully saturated rings. The van der Waals surface area contributed by atoms with Gasteiger partial charge in [-0.3, -0.25) is 9.59 Å². The van der Waals surface area contributed by atoms with Crippen LogP contribution in [0.15, 0.2) is 0 Å². The minimum Gasteiger partial charge on any atom is -0.481 e. The van der Waals surface area contributed by atoms with Crippen LogP contribution >= 0.6 is 0 Å². The number of Topliss-reactive ketones (excluding diaryl/α,β-unsaturated/α-hetero) is 1. The first-order valence-corrected chi connectivity index (χ1v) is 2.29. The smallest absolute Gasteiger partial charge is 0.313 e. The van der Waals surface area contributed by atoms with Crippen LogP contribution in [-0.4, -0.2) is 46.4 Å². The summed E-state index contributed by atoms with van der Waals surface area (Å²) in [7, 11) is 0. The van der Waals surface area contributed by atoms with E-state index in [0.29, 0.717) is 0 Å². The first-order chi connectivity index (χ1) is 3.55. The molecule has 0 aromatic rings. The van der Waals surface area contributed by atoms with Crippen molar-refractivity contribution in [3.63, 3.8) is 0 Å². The van der Waals surface area contributed by atoms with Crippen molar-refractivity contribution in [3.05, 3.63) is 0 Å². The van der Waals surface area contributed by atoms with Crippen molar-refractivity contribution < 1.29 is 14.7 Å². The standard InChI is InChI=1S/C5H8O3.Na/c1-3(4(2)6)5(7)8;/h3H,1-2H3,(H,7,8);. The van der Waals surface area contributed by atoms with Gasteiger partial charge in [0.15, 0.2) is 0 Å². The molecule has 0 aromatic heterocycles. The Bertz CT molecular complexity index is 107. The molecule has 0 rings (SSSR count). The quantitative estimate of drug-likeness (QED) is 0.430. The third-order valence-corrected chi connectivity index (χ3v) is 0.980. The summed E-state index contributed by atoms with van der Waals surface area (Å²) >= 11 is 0. The zero-order valence-corrected chi connectivity index (χ0v) is 7.84. The van der Waals surface area contributed by atoms with E-state index in [4.69, 9.17) is 5.11 Å². The summed E-state index contributed by atoms with van der Waals surface area (Å²) in [6.07, 6.45) is 0. The third-order valence-electron chi connectivity index (χ3n) is 0.980. The fourth-order valence-corrected chi connectivity index (χ4v) is 0.174. The Kier molecular flexibility index (Phi) is 6.56. The Morgan fingerprint density at radius 1 is 1.44 bits per heavy atom. The Balaban J connectivity index is 0. The van der Waals surface area contributed by atoms with E-state index in [1.165, 1.54) is 13.8 Å². The maximum Gasteiger partial charge on any atom is 0.313 e. The maximum absolute atomic E-state index is 10.2. The number of carbonyl (C=O) groups excluding carboxylic acids is 1. The maximum atomic E-state index is 10.2. The summed E-state index contributed by atoms with van der Waals surface area (Å²) in [5, 5.41) is 8.13. The van der Waals surface area contributed by atoms with E-state index in [1.807, 2.05) is 0 Å². The van der Waals surface area contributed by atoms with Gasteiger partial charge >= 0.3 is 5.97 Å². The van der Waals surface area contributed by atoms with Gasteiger partial charge < -0.3 is 5.11 Å². The summed E-state index contributed by atoms with van der Waals surface area (Å²) in [5.74, 6) is -2.22. The van der Waals surface area contributed by atoms with E-state index in [0.717, 1.165) is 0 Å². The van der Waals surface area contributed by atoms with E-state index >= 15 is 0 Å². The minimum absolute atomic E-state index is 0. The second-order valence-electron chi connectivity index (χ2n) is 1.67. The van der Waals surface area contributed by atoms with Crippen LogP contribution < -0.4 is 0 Å². The molecule has 3 nitrogen and oxygen atoms in total. The Labute approximate surface area is 75.7 Å². The molecule has 9 heavy (non-hydrogen) atoms. The van der Waals surface area contributed by atoms with Gasteiger partial charge in [0.2, 0.25) is 0 Å². The van der Waals surface area contributed by atoms with Crippen molar-refractivity contribution in [2.45, 2.75) is 13.8 Å². The van der Waals surface area contributed by atoms with E-state index in [2.05, 4.69) is 0 Å². The minimum atomic E-state index is -1.06. The Hall–Kier alpha value is 0.140. The van der Waals surface area contributed by atoms with Crippen molar-refractivity contribution in [1.82, 2.24) is 0 Å². The van der Waals surface area contributed by atoms with Gasteiger partial charge in [-0.15, -0.1) is 0 Å². The molecule has 0 heterocycles. The fourth-order valence-electron chi connectivity index (χ4n) is 0.174. The molecule has 0 aliphatic carbocycles. The molecule has 0 saturated carbocycles. The van der Waals surface area contributed by atoms with Crippen LogP contribution in [0.5, 0.6) is 0 Å². The summed E-state index contributed by atoms with van der Waals surface area (Å²) in [5.41, 5.74) is 0. The van der Waals surface area contributed by atoms with Gasteiger partial charge in [0.05, 0.1) is 0 Å².